The second kappa shape index (κ2) is 5.01. The number of aliphatic carboxylic acids is 1. The van der Waals surface area contributed by atoms with Gasteiger partial charge in [0.2, 0.25) is 0 Å². The number of phenols is 2. The number of ether oxygens (including phenoxy) is 1. The van der Waals surface area contributed by atoms with Gasteiger partial charge < -0.3 is 25.0 Å². The molecule has 108 valence electrons. The van der Waals surface area contributed by atoms with Crippen LogP contribution in [0.1, 0.15) is 17.3 Å². The molecule has 1 aliphatic heterocycles. The standard InChI is InChI=1S/C13H15NO6/c1-13(20-5-10(17)18)6-14(7-13)12(19)11-8(15)3-2-4-9(11)16/h2-4,15-16H,5-7H2,1H3,(H,17,18). The van der Waals surface area contributed by atoms with Gasteiger partial charge in [-0.3, -0.25) is 4.79 Å². The number of hydrogen-bond donors (Lipinski definition) is 3. The normalized spacial score (nSPS) is 16.6. The number of nitrogens with zero attached hydrogens (tertiary/aromatic N) is 1. The van der Waals surface area contributed by atoms with Crippen LogP contribution in [0.5, 0.6) is 11.5 Å². The lowest BCUT2D eigenvalue weighted by Gasteiger charge is -2.47. The second-order valence-electron chi connectivity index (χ2n) is 4.96. The first-order chi connectivity index (χ1) is 9.32. The van der Waals surface area contributed by atoms with Crippen LogP contribution in [-0.4, -0.2) is 57.4 Å². The van der Waals surface area contributed by atoms with Gasteiger partial charge in [0.1, 0.15) is 29.3 Å². The zero-order valence-corrected chi connectivity index (χ0v) is 10.9. The molecule has 0 atom stereocenters. The third-order valence-electron chi connectivity index (χ3n) is 3.12. The minimum atomic E-state index is -1.07. The second-order valence-corrected chi connectivity index (χ2v) is 4.96. The average Bonchev–Trinajstić information content (AvgIpc) is 2.32. The van der Waals surface area contributed by atoms with Crippen molar-refractivity contribution in [1.82, 2.24) is 4.90 Å². The highest BCUT2D eigenvalue weighted by Crippen LogP contribution is 2.32. The molecule has 0 spiro atoms. The van der Waals surface area contributed by atoms with Gasteiger partial charge >= 0.3 is 5.97 Å². The summed E-state index contributed by atoms with van der Waals surface area (Å²) in [6, 6.07) is 4.05. The molecule has 1 saturated heterocycles. The van der Waals surface area contributed by atoms with Gasteiger partial charge in [0.05, 0.1) is 13.1 Å². The molecule has 0 unspecified atom stereocenters. The number of likely N-dealkylation sites (tertiary alicyclic amines) is 1. The van der Waals surface area contributed by atoms with Crippen molar-refractivity contribution in [3.8, 4) is 11.5 Å². The SMILES string of the molecule is CC1(OCC(=O)O)CN(C(=O)c2c(O)cccc2O)C1. The van der Waals surface area contributed by atoms with Crippen LogP contribution in [-0.2, 0) is 9.53 Å². The lowest BCUT2D eigenvalue weighted by atomic mass is 9.95. The summed E-state index contributed by atoms with van der Waals surface area (Å²) in [5, 5.41) is 27.8. The smallest absolute Gasteiger partial charge is 0.329 e. The van der Waals surface area contributed by atoms with Crippen molar-refractivity contribution < 1.29 is 29.6 Å². The monoisotopic (exact) mass is 281 g/mol. The molecule has 0 bridgehead atoms. The van der Waals surface area contributed by atoms with Crippen molar-refractivity contribution in [2.75, 3.05) is 19.7 Å². The number of carboxylic acids is 1. The molecule has 20 heavy (non-hydrogen) atoms. The first-order valence-corrected chi connectivity index (χ1v) is 5.98. The Morgan fingerprint density at radius 3 is 2.35 bits per heavy atom. The summed E-state index contributed by atoms with van der Waals surface area (Å²) in [5.74, 6) is -2.18. The summed E-state index contributed by atoms with van der Waals surface area (Å²) in [7, 11) is 0. The Kier molecular flexibility index (Phi) is 3.54. The van der Waals surface area contributed by atoms with E-state index >= 15 is 0 Å². The molecule has 2 rings (SSSR count). The summed E-state index contributed by atoms with van der Waals surface area (Å²) in [4.78, 5) is 23.9. The van der Waals surface area contributed by atoms with Gasteiger partial charge in [-0.2, -0.15) is 0 Å². The van der Waals surface area contributed by atoms with Crippen molar-refractivity contribution in [2.24, 2.45) is 0 Å². The van der Waals surface area contributed by atoms with Gasteiger partial charge in [-0.05, 0) is 19.1 Å². The van der Waals surface area contributed by atoms with Crippen molar-refractivity contribution in [3.63, 3.8) is 0 Å². The number of amides is 1. The predicted molar refractivity (Wildman–Crippen MR) is 67.7 cm³/mol. The Morgan fingerprint density at radius 1 is 1.30 bits per heavy atom. The Hall–Kier alpha value is -2.28. The van der Waals surface area contributed by atoms with Gasteiger partial charge in [0, 0.05) is 0 Å². The number of benzene rings is 1. The maximum absolute atomic E-state index is 12.1. The lowest BCUT2D eigenvalue weighted by molar-refractivity contribution is -0.159. The fourth-order valence-electron chi connectivity index (χ4n) is 2.14. The first kappa shape index (κ1) is 14.1. The molecule has 1 aliphatic rings. The van der Waals surface area contributed by atoms with Gasteiger partial charge in [-0.15, -0.1) is 0 Å². The predicted octanol–water partition coefficient (Wildman–Crippen LogP) is 0.413. The Morgan fingerprint density at radius 2 is 1.85 bits per heavy atom. The van der Waals surface area contributed by atoms with E-state index in [1.807, 2.05) is 0 Å². The van der Waals surface area contributed by atoms with Crippen LogP contribution in [0, 0.1) is 0 Å². The van der Waals surface area contributed by atoms with Crippen LogP contribution in [0.25, 0.3) is 0 Å². The number of rotatable bonds is 4. The van der Waals surface area contributed by atoms with E-state index in [4.69, 9.17) is 9.84 Å². The molecule has 0 aromatic heterocycles. The van der Waals surface area contributed by atoms with Gasteiger partial charge in [-0.1, -0.05) is 6.07 Å². The van der Waals surface area contributed by atoms with Crippen LogP contribution in [0.4, 0.5) is 0 Å². The number of carbonyl (C=O) groups is 2. The van der Waals surface area contributed by atoms with Crippen LogP contribution in [0.3, 0.4) is 0 Å². The van der Waals surface area contributed by atoms with E-state index in [1.165, 1.54) is 23.1 Å². The molecule has 1 aromatic rings. The average molecular weight is 281 g/mol. The Balaban J connectivity index is 2.02. The maximum Gasteiger partial charge on any atom is 0.329 e. The molecule has 1 heterocycles. The van der Waals surface area contributed by atoms with E-state index in [0.29, 0.717) is 0 Å². The largest absolute Gasteiger partial charge is 0.507 e. The summed E-state index contributed by atoms with van der Waals surface area (Å²) in [5.41, 5.74) is -0.874. The third kappa shape index (κ3) is 2.67. The van der Waals surface area contributed by atoms with Crippen molar-refractivity contribution >= 4 is 11.9 Å². The molecule has 3 N–H and O–H groups in total. The van der Waals surface area contributed by atoms with Gasteiger partial charge in [0.15, 0.2) is 0 Å². The van der Waals surface area contributed by atoms with Crippen LogP contribution >= 0.6 is 0 Å². The number of carbonyl (C=O) groups excluding carboxylic acids is 1. The minimum absolute atomic E-state index is 0.159. The lowest BCUT2D eigenvalue weighted by Crippen LogP contribution is -2.63. The quantitative estimate of drug-likeness (QED) is 0.738. The highest BCUT2D eigenvalue weighted by Gasteiger charge is 2.43. The number of phenolic OH excluding ortho intramolecular Hbond substituents is 2. The van der Waals surface area contributed by atoms with Crippen molar-refractivity contribution in [3.05, 3.63) is 23.8 Å². The van der Waals surface area contributed by atoms with E-state index in [0.717, 1.165) is 0 Å². The first-order valence-electron chi connectivity index (χ1n) is 5.98. The summed E-state index contributed by atoms with van der Waals surface area (Å²) < 4.78 is 5.19. The van der Waals surface area contributed by atoms with E-state index < -0.39 is 24.1 Å². The summed E-state index contributed by atoms with van der Waals surface area (Å²) >= 11 is 0. The Labute approximate surface area is 115 Å². The molecule has 0 saturated carbocycles. The van der Waals surface area contributed by atoms with Gasteiger partial charge in [-0.25, -0.2) is 4.79 Å². The molecule has 1 amide bonds. The fraction of sp³-hybridized carbons (Fsp3) is 0.385. The number of hydrogen-bond acceptors (Lipinski definition) is 5. The maximum atomic E-state index is 12.1. The Bertz CT molecular complexity index is 530. The highest BCUT2D eigenvalue weighted by atomic mass is 16.5. The third-order valence-corrected chi connectivity index (χ3v) is 3.12. The van der Waals surface area contributed by atoms with E-state index in [9.17, 15) is 19.8 Å². The minimum Gasteiger partial charge on any atom is -0.507 e. The highest BCUT2D eigenvalue weighted by molar-refractivity contribution is 6.00. The molecule has 1 aromatic carbocycles. The van der Waals surface area contributed by atoms with Crippen LogP contribution in [0.15, 0.2) is 18.2 Å². The topological polar surface area (TPSA) is 107 Å². The summed E-state index contributed by atoms with van der Waals surface area (Å²) in [6.07, 6.45) is 0. The molecule has 7 nitrogen and oxygen atoms in total. The van der Waals surface area contributed by atoms with E-state index in [2.05, 4.69) is 0 Å². The fourth-order valence-corrected chi connectivity index (χ4v) is 2.14. The molecule has 1 fully saturated rings. The zero-order chi connectivity index (χ0) is 14.9. The zero-order valence-electron chi connectivity index (χ0n) is 10.9. The molecule has 0 aliphatic carbocycles. The van der Waals surface area contributed by atoms with Crippen molar-refractivity contribution in [1.29, 1.82) is 0 Å². The number of aromatic hydroxyl groups is 2. The summed E-state index contributed by atoms with van der Waals surface area (Å²) in [6.45, 7) is 1.67. The molecular formula is C13H15NO6. The van der Waals surface area contributed by atoms with Crippen LogP contribution < -0.4 is 0 Å². The van der Waals surface area contributed by atoms with Crippen LogP contribution in [0.2, 0.25) is 0 Å². The van der Waals surface area contributed by atoms with Crippen molar-refractivity contribution in [2.45, 2.75) is 12.5 Å². The number of carboxylic acid groups (broad SMARTS) is 1. The van der Waals surface area contributed by atoms with E-state index in [1.54, 1.807) is 6.92 Å². The van der Waals surface area contributed by atoms with E-state index in [-0.39, 0.29) is 30.2 Å². The van der Waals surface area contributed by atoms with Gasteiger partial charge in [0.25, 0.3) is 5.91 Å². The molecule has 7 heteroatoms. The molecular weight excluding hydrogens is 266 g/mol. The molecule has 0 radical (unpaired) electrons.